The van der Waals surface area contributed by atoms with E-state index in [0.29, 0.717) is 6.61 Å². The standard InChI is InChI=1S/C19H25NO/c1-4-20-18(17-13-9-10-15(3)14-17)19(21-5-2)16-11-7-6-8-12-16/h6-14,18-20H,4-5H2,1-3H3. The highest BCUT2D eigenvalue weighted by atomic mass is 16.5. The Hall–Kier alpha value is -1.64. The summed E-state index contributed by atoms with van der Waals surface area (Å²) in [5.41, 5.74) is 3.77. The predicted molar refractivity (Wildman–Crippen MR) is 88.4 cm³/mol. The Morgan fingerprint density at radius 2 is 1.67 bits per heavy atom. The largest absolute Gasteiger partial charge is 0.372 e. The van der Waals surface area contributed by atoms with Gasteiger partial charge in [-0.2, -0.15) is 0 Å². The molecule has 2 unspecified atom stereocenters. The molecule has 0 aliphatic heterocycles. The van der Waals surface area contributed by atoms with Crippen LogP contribution >= 0.6 is 0 Å². The minimum atomic E-state index is 0.0259. The number of aryl methyl sites for hydroxylation is 1. The molecule has 2 aromatic rings. The Labute approximate surface area is 128 Å². The summed E-state index contributed by atoms with van der Waals surface area (Å²) in [6.45, 7) is 7.93. The molecule has 2 aromatic carbocycles. The quantitative estimate of drug-likeness (QED) is 0.812. The Bertz CT molecular complexity index is 538. The minimum Gasteiger partial charge on any atom is -0.372 e. The second-order valence-electron chi connectivity index (χ2n) is 5.24. The summed E-state index contributed by atoms with van der Waals surface area (Å²) in [6, 6.07) is 19.3. The Morgan fingerprint density at radius 3 is 2.29 bits per heavy atom. The van der Waals surface area contributed by atoms with Crippen LogP contribution in [0.5, 0.6) is 0 Å². The molecule has 0 saturated heterocycles. The van der Waals surface area contributed by atoms with Crippen molar-refractivity contribution < 1.29 is 4.74 Å². The summed E-state index contributed by atoms with van der Waals surface area (Å²) >= 11 is 0. The van der Waals surface area contributed by atoms with E-state index in [1.165, 1.54) is 16.7 Å². The molecule has 2 nitrogen and oxygen atoms in total. The molecule has 0 saturated carbocycles. The maximum atomic E-state index is 6.07. The van der Waals surface area contributed by atoms with E-state index < -0.39 is 0 Å². The van der Waals surface area contributed by atoms with Crippen molar-refractivity contribution in [2.75, 3.05) is 13.2 Å². The van der Waals surface area contributed by atoms with Crippen LogP contribution in [-0.2, 0) is 4.74 Å². The number of nitrogens with one attached hydrogen (secondary N) is 1. The molecular formula is C19H25NO. The molecular weight excluding hydrogens is 258 g/mol. The predicted octanol–water partition coefficient (Wildman–Crippen LogP) is 4.42. The molecule has 0 radical (unpaired) electrons. The van der Waals surface area contributed by atoms with Gasteiger partial charge in [0.1, 0.15) is 6.10 Å². The van der Waals surface area contributed by atoms with Gasteiger partial charge in [-0.05, 0) is 31.5 Å². The van der Waals surface area contributed by atoms with Crippen molar-refractivity contribution >= 4 is 0 Å². The zero-order valence-corrected chi connectivity index (χ0v) is 13.2. The molecule has 2 atom stereocenters. The summed E-state index contributed by atoms with van der Waals surface area (Å²) in [7, 11) is 0. The van der Waals surface area contributed by atoms with Crippen LogP contribution < -0.4 is 5.32 Å². The molecule has 2 rings (SSSR count). The Morgan fingerprint density at radius 1 is 0.952 bits per heavy atom. The van der Waals surface area contributed by atoms with Crippen LogP contribution in [-0.4, -0.2) is 13.2 Å². The van der Waals surface area contributed by atoms with Gasteiger partial charge < -0.3 is 10.1 Å². The van der Waals surface area contributed by atoms with Gasteiger partial charge in [0.25, 0.3) is 0 Å². The minimum absolute atomic E-state index is 0.0259. The first-order valence-corrected chi connectivity index (χ1v) is 7.72. The highest BCUT2D eigenvalue weighted by Gasteiger charge is 2.24. The lowest BCUT2D eigenvalue weighted by molar-refractivity contribution is 0.0331. The van der Waals surface area contributed by atoms with Gasteiger partial charge in [0.05, 0.1) is 6.04 Å². The normalized spacial score (nSPS) is 13.9. The van der Waals surface area contributed by atoms with Crippen molar-refractivity contribution in [1.29, 1.82) is 0 Å². The Kier molecular flexibility index (Phi) is 5.97. The third kappa shape index (κ3) is 4.16. The van der Waals surface area contributed by atoms with Gasteiger partial charge in [-0.25, -0.2) is 0 Å². The second kappa shape index (κ2) is 7.96. The number of likely N-dealkylation sites (N-methyl/N-ethyl adjacent to an activating group) is 1. The van der Waals surface area contributed by atoms with Crippen molar-refractivity contribution in [2.45, 2.75) is 32.9 Å². The lowest BCUT2D eigenvalue weighted by Crippen LogP contribution is -2.28. The van der Waals surface area contributed by atoms with Gasteiger partial charge in [-0.15, -0.1) is 0 Å². The number of hydrogen-bond acceptors (Lipinski definition) is 2. The lowest BCUT2D eigenvalue weighted by atomic mass is 9.94. The molecule has 0 spiro atoms. The lowest BCUT2D eigenvalue weighted by Gasteiger charge is -2.29. The average Bonchev–Trinajstić information content (AvgIpc) is 2.51. The summed E-state index contributed by atoms with van der Waals surface area (Å²) in [6.07, 6.45) is 0.0259. The Balaban J connectivity index is 2.37. The molecule has 0 bridgehead atoms. The third-order valence-corrected chi connectivity index (χ3v) is 3.60. The topological polar surface area (TPSA) is 21.3 Å². The van der Waals surface area contributed by atoms with Gasteiger partial charge in [0, 0.05) is 6.61 Å². The van der Waals surface area contributed by atoms with E-state index in [0.717, 1.165) is 6.54 Å². The van der Waals surface area contributed by atoms with Crippen LogP contribution in [0.2, 0.25) is 0 Å². The fourth-order valence-electron chi connectivity index (χ4n) is 2.69. The summed E-state index contributed by atoms with van der Waals surface area (Å²) in [5, 5.41) is 3.58. The van der Waals surface area contributed by atoms with Crippen LogP contribution in [0.1, 0.15) is 42.7 Å². The van der Waals surface area contributed by atoms with Gasteiger partial charge in [0.15, 0.2) is 0 Å². The van der Waals surface area contributed by atoms with Crippen molar-refractivity contribution in [2.24, 2.45) is 0 Å². The van der Waals surface area contributed by atoms with Crippen molar-refractivity contribution in [3.8, 4) is 0 Å². The summed E-state index contributed by atoms with van der Waals surface area (Å²) in [5.74, 6) is 0. The number of hydrogen-bond donors (Lipinski definition) is 1. The number of rotatable bonds is 7. The van der Waals surface area contributed by atoms with E-state index in [9.17, 15) is 0 Å². The maximum absolute atomic E-state index is 6.07. The van der Waals surface area contributed by atoms with Crippen LogP contribution in [0.25, 0.3) is 0 Å². The molecule has 112 valence electrons. The van der Waals surface area contributed by atoms with Gasteiger partial charge in [0.2, 0.25) is 0 Å². The van der Waals surface area contributed by atoms with Crippen LogP contribution in [0.4, 0.5) is 0 Å². The van der Waals surface area contributed by atoms with E-state index in [-0.39, 0.29) is 12.1 Å². The molecule has 0 amide bonds. The first-order valence-electron chi connectivity index (χ1n) is 7.72. The zero-order valence-electron chi connectivity index (χ0n) is 13.2. The highest BCUT2D eigenvalue weighted by Crippen LogP contribution is 2.32. The van der Waals surface area contributed by atoms with Crippen LogP contribution in [0.15, 0.2) is 54.6 Å². The van der Waals surface area contributed by atoms with Crippen LogP contribution in [0.3, 0.4) is 0 Å². The van der Waals surface area contributed by atoms with E-state index in [1.807, 2.05) is 6.07 Å². The summed E-state index contributed by atoms with van der Waals surface area (Å²) in [4.78, 5) is 0. The maximum Gasteiger partial charge on any atom is 0.102 e. The molecule has 0 aliphatic carbocycles. The fraction of sp³-hybridized carbons (Fsp3) is 0.368. The number of benzene rings is 2. The van der Waals surface area contributed by atoms with E-state index in [1.54, 1.807) is 0 Å². The average molecular weight is 283 g/mol. The molecule has 1 N–H and O–H groups in total. The smallest absolute Gasteiger partial charge is 0.102 e. The van der Waals surface area contributed by atoms with E-state index in [2.05, 4.69) is 74.6 Å². The third-order valence-electron chi connectivity index (χ3n) is 3.60. The molecule has 0 aromatic heterocycles. The van der Waals surface area contributed by atoms with Crippen molar-refractivity contribution in [3.63, 3.8) is 0 Å². The zero-order chi connectivity index (χ0) is 15.1. The number of ether oxygens (including phenoxy) is 1. The summed E-state index contributed by atoms with van der Waals surface area (Å²) < 4.78 is 6.07. The monoisotopic (exact) mass is 283 g/mol. The van der Waals surface area contributed by atoms with Gasteiger partial charge >= 0.3 is 0 Å². The fourth-order valence-corrected chi connectivity index (χ4v) is 2.69. The SMILES string of the molecule is CCNC(c1cccc(C)c1)C(OCC)c1ccccc1. The molecule has 0 fully saturated rings. The van der Waals surface area contributed by atoms with E-state index >= 15 is 0 Å². The second-order valence-corrected chi connectivity index (χ2v) is 5.24. The molecule has 0 aliphatic rings. The van der Waals surface area contributed by atoms with E-state index in [4.69, 9.17) is 4.74 Å². The first kappa shape index (κ1) is 15.7. The molecule has 21 heavy (non-hydrogen) atoms. The van der Waals surface area contributed by atoms with Gasteiger partial charge in [-0.3, -0.25) is 0 Å². The highest BCUT2D eigenvalue weighted by molar-refractivity contribution is 5.29. The van der Waals surface area contributed by atoms with Crippen molar-refractivity contribution in [3.05, 3.63) is 71.3 Å². The molecule has 0 heterocycles. The first-order chi connectivity index (χ1) is 10.3. The van der Waals surface area contributed by atoms with Crippen molar-refractivity contribution in [1.82, 2.24) is 5.32 Å². The molecule has 2 heteroatoms. The van der Waals surface area contributed by atoms with Gasteiger partial charge in [-0.1, -0.05) is 67.1 Å². The van der Waals surface area contributed by atoms with Crippen LogP contribution in [0, 0.1) is 6.92 Å².